The highest BCUT2D eigenvalue weighted by Gasteiger charge is 2.56. The lowest BCUT2D eigenvalue weighted by atomic mass is 9.82. The predicted molar refractivity (Wildman–Crippen MR) is 161 cm³/mol. The number of benzene rings is 1. The largest absolute Gasteiger partial charge is 0.390 e. The fourth-order valence-electron chi connectivity index (χ4n) is 7.67. The normalized spacial score (nSPS) is 31.8. The number of fused-ring (bicyclic) bond motifs is 4. The Morgan fingerprint density at radius 2 is 1.76 bits per heavy atom. The number of rotatable bonds is 7. The second-order valence-electron chi connectivity index (χ2n) is 12.5. The number of likely N-dealkylation sites (N-methyl/N-ethyl adjacent to an activating group) is 1. The SMILES string of the molecule is CN[C@@H](C)C(=O)N[C@H](C(=O)N1C[C@H]2C[C@H]3C[C@H]3N2C[C@H]1C(=O)N[C@H]1c2ccccc2C[C@@H]1O)C1CCCCC1.Cl.Cl. The van der Waals surface area contributed by atoms with E-state index in [1.165, 1.54) is 6.42 Å². The van der Waals surface area contributed by atoms with Crippen LogP contribution in [0.25, 0.3) is 0 Å². The fourth-order valence-corrected chi connectivity index (χ4v) is 7.67. The van der Waals surface area contributed by atoms with Crippen molar-refractivity contribution < 1.29 is 19.5 Å². The molecule has 2 saturated carbocycles. The summed E-state index contributed by atoms with van der Waals surface area (Å²) < 4.78 is 0. The molecule has 228 valence electrons. The van der Waals surface area contributed by atoms with Crippen LogP contribution in [0.1, 0.15) is 69.0 Å². The predicted octanol–water partition coefficient (Wildman–Crippen LogP) is 1.95. The van der Waals surface area contributed by atoms with Crippen LogP contribution in [-0.4, -0.2) is 89.1 Å². The summed E-state index contributed by atoms with van der Waals surface area (Å²) in [7, 11) is 1.74. The van der Waals surface area contributed by atoms with Gasteiger partial charge in [0, 0.05) is 31.6 Å². The summed E-state index contributed by atoms with van der Waals surface area (Å²) in [6.07, 6.45) is 7.11. The average Bonchev–Trinajstić information content (AvgIpc) is 3.53. The first kappa shape index (κ1) is 32.0. The summed E-state index contributed by atoms with van der Waals surface area (Å²) >= 11 is 0. The van der Waals surface area contributed by atoms with Crippen LogP contribution in [-0.2, 0) is 20.8 Å². The van der Waals surface area contributed by atoms with Crippen molar-refractivity contribution in [2.24, 2.45) is 11.8 Å². The van der Waals surface area contributed by atoms with Crippen molar-refractivity contribution in [2.45, 2.75) is 101 Å². The van der Waals surface area contributed by atoms with Crippen LogP contribution >= 0.6 is 24.8 Å². The lowest BCUT2D eigenvalue weighted by molar-refractivity contribution is -0.150. The Morgan fingerprint density at radius 1 is 1.02 bits per heavy atom. The molecule has 8 atom stereocenters. The van der Waals surface area contributed by atoms with Crippen LogP contribution in [0.5, 0.6) is 0 Å². The maximum Gasteiger partial charge on any atom is 0.246 e. The summed E-state index contributed by atoms with van der Waals surface area (Å²) in [5.41, 5.74) is 1.99. The van der Waals surface area contributed by atoms with Gasteiger partial charge in [0.15, 0.2) is 0 Å². The van der Waals surface area contributed by atoms with E-state index in [4.69, 9.17) is 0 Å². The third-order valence-electron chi connectivity index (χ3n) is 10.1. The van der Waals surface area contributed by atoms with Crippen molar-refractivity contribution in [3.63, 3.8) is 0 Å². The molecule has 0 aromatic heterocycles. The van der Waals surface area contributed by atoms with E-state index in [2.05, 4.69) is 20.9 Å². The number of piperidine rings is 1. The van der Waals surface area contributed by atoms with Crippen LogP contribution in [0.3, 0.4) is 0 Å². The summed E-state index contributed by atoms with van der Waals surface area (Å²) in [5.74, 6) is 0.202. The van der Waals surface area contributed by atoms with E-state index in [9.17, 15) is 19.5 Å². The molecule has 0 unspecified atom stereocenters. The maximum atomic E-state index is 14.4. The summed E-state index contributed by atoms with van der Waals surface area (Å²) in [5, 5.41) is 20.0. The van der Waals surface area contributed by atoms with Crippen molar-refractivity contribution in [3.8, 4) is 0 Å². The fraction of sp³-hybridized carbons (Fsp3) is 0.700. The second kappa shape index (κ2) is 13.2. The van der Waals surface area contributed by atoms with Gasteiger partial charge in [0.1, 0.15) is 12.1 Å². The quantitative estimate of drug-likeness (QED) is 0.376. The molecule has 4 fully saturated rings. The molecule has 41 heavy (non-hydrogen) atoms. The monoisotopic (exact) mass is 609 g/mol. The van der Waals surface area contributed by atoms with Crippen molar-refractivity contribution in [1.29, 1.82) is 0 Å². The molecule has 11 heteroatoms. The lowest BCUT2D eigenvalue weighted by Gasteiger charge is -2.46. The number of hydrogen-bond donors (Lipinski definition) is 4. The van der Waals surface area contributed by atoms with Crippen LogP contribution in [0.4, 0.5) is 0 Å². The van der Waals surface area contributed by atoms with E-state index < -0.39 is 30.3 Å². The smallest absolute Gasteiger partial charge is 0.246 e. The van der Waals surface area contributed by atoms with Gasteiger partial charge in [0.25, 0.3) is 0 Å². The highest BCUT2D eigenvalue weighted by Crippen LogP contribution is 2.49. The van der Waals surface area contributed by atoms with Crippen LogP contribution in [0.15, 0.2) is 24.3 Å². The number of aliphatic hydroxyl groups excluding tert-OH is 1. The zero-order chi connectivity index (χ0) is 27.3. The molecule has 3 amide bonds. The topological polar surface area (TPSA) is 114 Å². The zero-order valence-electron chi connectivity index (χ0n) is 24.0. The van der Waals surface area contributed by atoms with Gasteiger partial charge >= 0.3 is 0 Å². The summed E-state index contributed by atoms with van der Waals surface area (Å²) in [6, 6.07) is 6.43. The molecule has 2 aliphatic heterocycles. The van der Waals surface area contributed by atoms with Crippen molar-refractivity contribution in [2.75, 3.05) is 20.1 Å². The zero-order valence-corrected chi connectivity index (χ0v) is 25.6. The molecule has 2 heterocycles. The van der Waals surface area contributed by atoms with Gasteiger partial charge in [-0.3, -0.25) is 19.3 Å². The van der Waals surface area contributed by atoms with Crippen LogP contribution in [0.2, 0.25) is 0 Å². The molecule has 0 radical (unpaired) electrons. The van der Waals surface area contributed by atoms with E-state index in [1.54, 1.807) is 18.9 Å². The second-order valence-corrected chi connectivity index (χ2v) is 12.5. The molecule has 1 aromatic rings. The number of amides is 3. The first-order chi connectivity index (χ1) is 18.9. The van der Waals surface area contributed by atoms with Crippen LogP contribution < -0.4 is 16.0 Å². The first-order valence-electron chi connectivity index (χ1n) is 15.0. The summed E-state index contributed by atoms with van der Waals surface area (Å²) in [4.78, 5) is 45.6. The molecule has 3 aliphatic carbocycles. The molecule has 4 N–H and O–H groups in total. The van der Waals surface area contributed by atoms with E-state index in [0.29, 0.717) is 31.5 Å². The lowest BCUT2D eigenvalue weighted by Crippen LogP contribution is -2.67. The Bertz CT molecular complexity index is 1120. The van der Waals surface area contributed by atoms with E-state index >= 15 is 0 Å². The van der Waals surface area contributed by atoms with Gasteiger partial charge in [-0.2, -0.15) is 0 Å². The van der Waals surface area contributed by atoms with E-state index in [1.807, 2.05) is 24.3 Å². The first-order valence-corrected chi connectivity index (χ1v) is 15.0. The van der Waals surface area contributed by atoms with Crippen molar-refractivity contribution in [1.82, 2.24) is 25.8 Å². The van der Waals surface area contributed by atoms with Gasteiger partial charge in [-0.05, 0) is 62.6 Å². The van der Waals surface area contributed by atoms with Gasteiger partial charge in [0.2, 0.25) is 17.7 Å². The Hall–Kier alpha value is -1.91. The number of hydrogen-bond acceptors (Lipinski definition) is 6. The molecular formula is C30H45Cl2N5O4. The van der Waals surface area contributed by atoms with Gasteiger partial charge < -0.3 is 26.0 Å². The highest BCUT2D eigenvalue weighted by atomic mass is 35.5. The number of nitrogens with one attached hydrogen (secondary N) is 3. The third kappa shape index (κ3) is 6.25. The van der Waals surface area contributed by atoms with Gasteiger partial charge in [-0.15, -0.1) is 24.8 Å². The maximum absolute atomic E-state index is 14.4. The van der Waals surface area contributed by atoms with E-state index in [-0.39, 0.29) is 54.5 Å². The summed E-state index contributed by atoms with van der Waals surface area (Å²) in [6.45, 7) is 2.81. The van der Waals surface area contributed by atoms with Crippen molar-refractivity contribution >= 4 is 42.5 Å². The Labute approximate surface area is 255 Å². The van der Waals surface area contributed by atoms with Gasteiger partial charge in [-0.1, -0.05) is 43.5 Å². The Morgan fingerprint density at radius 3 is 2.49 bits per heavy atom. The molecule has 5 aliphatic rings. The third-order valence-corrected chi connectivity index (χ3v) is 10.1. The molecular weight excluding hydrogens is 565 g/mol. The van der Waals surface area contributed by atoms with Gasteiger partial charge in [-0.25, -0.2) is 0 Å². The van der Waals surface area contributed by atoms with Gasteiger partial charge in [0.05, 0.1) is 18.2 Å². The molecule has 0 bridgehead atoms. The minimum Gasteiger partial charge on any atom is -0.390 e. The standard InChI is InChI=1S/C30H43N5O4.2ClH/c1-17(31-2)28(37)32-26(18-8-4-3-5-9-18)30(39)35-15-21-12-20-13-23(20)34(21)16-24(35)29(38)33-27-22-11-7-6-10-19(22)14-25(27)36;;/h6-7,10-11,17-18,20-21,23-27,31,36H,3-5,8-9,12-16H2,1-2H3,(H,32,37)(H,33,38);2*1H/t17-,20-,21+,23+,24-,25-,26-,27-;;/m0../s1. The number of carbonyl (C=O) groups excluding carboxylic acids is 3. The molecule has 6 rings (SSSR count). The number of halogens is 2. The molecule has 9 nitrogen and oxygen atoms in total. The molecule has 0 spiro atoms. The minimum atomic E-state index is -0.691. The number of aliphatic hydroxyl groups is 1. The minimum absolute atomic E-state index is 0. The number of carbonyl (C=O) groups is 3. The Balaban J connectivity index is 0.00000194. The average molecular weight is 611 g/mol. The van der Waals surface area contributed by atoms with Crippen LogP contribution in [0, 0.1) is 11.8 Å². The molecule has 2 saturated heterocycles. The number of nitrogens with zero attached hydrogens (tertiary/aromatic N) is 2. The highest BCUT2D eigenvalue weighted by molar-refractivity contribution is 5.94. The molecule has 1 aromatic carbocycles. The Kier molecular flexibility index (Phi) is 10.3. The number of piperazine rings is 1. The van der Waals surface area contributed by atoms with E-state index in [0.717, 1.165) is 49.7 Å². The van der Waals surface area contributed by atoms with Crippen molar-refractivity contribution in [3.05, 3.63) is 35.4 Å².